The minimum absolute atomic E-state index is 0.546. The van der Waals surface area contributed by atoms with Crippen molar-refractivity contribution >= 4 is 11.0 Å². The molecular weight excluding hydrogens is 342 g/mol. The molecule has 0 saturated heterocycles. The van der Waals surface area contributed by atoms with Crippen LogP contribution in [0.4, 0.5) is 0 Å². The van der Waals surface area contributed by atoms with Crippen molar-refractivity contribution in [2.45, 2.75) is 6.92 Å². The fraction of sp³-hybridized carbons (Fsp3) is 0.0556. The first-order chi connectivity index (χ1) is 13.3. The molecule has 0 radical (unpaired) electrons. The number of nitrogens with zero attached hydrogens (tertiary/aromatic N) is 7. The lowest BCUT2D eigenvalue weighted by molar-refractivity contribution is 0.881. The van der Waals surface area contributed by atoms with E-state index in [-0.39, 0.29) is 0 Å². The molecule has 0 saturated carbocycles. The molecule has 0 aliphatic rings. The first-order valence-corrected chi connectivity index (χ1v) is 8.26. The smallest absolute Gasteiger partial charge is 0.180 e. The Bertz CT molecular complexity index is 1240. The van der Waals surface area contributed by atoms with Crippen LogP contribution >= 0.6 is 0 Å². The lowest BCUT2D eigenvalue weighted by Crippen LogP contribution is -1.97. The molecule has 0 aromatic carbocycles. The minimum Gasteiger partial charge on any atom is -0.346 e. The summed E-state index contributed by atoms with van der Waals surface area (Å²) in [5, 5.41) is 14.8. The third kappa shape index (κ3) is 2.71. The molecule has 0 bridgehead atoms. The normalized spacial score (nSPS) is 11.1. The van der Waals surface area contributed by atoms with Gasteiger partial charge in [0.2, 0.25) is 0 Å². The van der Waals surface area contributed by atoms with Crippen LogP contribution < -0.4 is 0 Å². The van der Waals surface area contributed by atoms with Gasteiger partial charge in [-0.1, -0.05) is 6.07 Å². The molecule has 5 heterocycles. The van der Waals surface area contributed by atoms with Gasteiger partial charge in [0, 0.05) is 40.8 Å². The summed E-state index contributed by atoms with van der Waals surface area (Å²) in [5.74, 6) is 1.10. The third-order valence-electron chi connectivity index (χ3n) is 4.16. The summed E-state index contributed by atoms with van der Waals surface area (Å²) in [6.07, 6.45) is 5.30. The van der Waals surface area contributed by atoms with Crippen molar-refractivity contribution in [3.63, 3.8) is 0 Å². The van der Waals surface area contributed by atoms with Gasteiger partial charge in [0.1, 0.15) is 11.3 Å². The Morgan fingerprint density at radius 2 is 1.89 bits per heavy atom. The number of hydrogen-bond acceptors (Lipinski definition) is 7. The van der Waals surface area contributed by atoms with Crippen molar-refractivity contribution in [1.82, 2.24) is 45.5 Å². The summed E-state index contributed by atoms with van der Waals surface area (Å²) in [6, 6.07) is 9.67. The predicted octanol–water partition coefficient (Wildman–Crippen LogP) is 2.57. The highest BCUT2D eigenvalue weighted by Gasteiger charge is 2.14. The van der Waals surface area contributed by atoms with Crippen molar-refractivity contribution in [2.75, 3.05) is 0 Å². The van der Waals surface area contributed by atoms with Crippen molar-refractivity contribution in [3.05, 3.63) is 54.6 Å². The van der Waals surface area contributed by atoms with E-state index in [9.17, 15) is 0 Å². The zero-order valence-corrected chi connectivity index (χ0v) is 14.2. The second kappa shape index (κ2) is 6.06. The fourth-order valence-electron chi connectivity index (χ4n) is 2.92. The van der Waals surface area contributed by atoms with Gasteiger partial charge < -0.3 is 4.98 Å². The lowest BCUT2D eigenvalue weighted by atomic mass is 10.1. The van der Waals surface area contributed by atoms with Gasteiger partial charge in [-0.25, -0.2) is 20.1 Å². The minimum atomic E-state index is 0.546. The molecule has 0 amide bonds. The second-order valence-electron chi connectivity index (χ2n) is 6.01. The van der Waals surface area contributed by atoms with Crippen LogP contribution in [0.15, 0.2) is 48.9 Å². The molecule has 0 atom stereocenters. The molecule has 0 aliphatic carbocycles. The monoisotopic (exact) mass is 355 g/mol. The first kappa shape index (κ1) is 15.3. The quantitative estimate of drug-likeness (QED) is 0.510. The van der Waals surface area contributed by atoms with Gasteiger partial charge in [-0.15, -0.1) is 5.10 Å². The number of H-pyrrole nitrogens is 2. The van der Waals surface area contributed by atoms with Gasteiger partial charge >= 0.3 is 0 Å². The van der Waals surface area contributed by atoms with E-state index in [2.05, 4.69) is 40.6 Å². The van der Waals surface area contributed by atoms with Crippen LogP contribution in [-0.4, -0.2) is 45.5 Å². The van der Waals surface area contributed by atoms with Crippen LogP contribution in [0.1, 0.15) is 5.69 Å². The molecule has 5 aromatic rings. The number of aryl methyl sites for hydroxylation is 1. The molecule has 0 aliphatic heterocycles. The van der Waals surface area contributed by atoms with Crippen LogP contribution in [0.5, 0.6) is 0 Å². The van der Waals surface area contributed by atoms with Crippen LogP contribution in [-0.2, 0) is 0 Å². The fourth-order valence-corrected chi connectivity index (χ4v) is 2.92. The lowest BCUT2D eigenvalue weighted by Gasteiger charge is -2.07. The zero-order valence-electron chi connectivity index (χ0n) is 14.2. The van der Waals surface area contributed by atoms with E-state index in [0.29, 0.717) is 11.6 Å². The highest BCUT2D eigenvalue weighted by atomic mass is 15.5. The average Bonchev–Trinajstić information content (AvgIpc) is 3.39. The van der Waals surface area contributed by atoms with Crippen LogP contribution in [0.25, 0.3) is 45.2 Å². The Morgan fingerprint density at radius 3 is 2.74 bits per heavy atom. The maximum absolute atomic E-state index is 4.78. The van der Waals surface area contributed by atoms with E-state index in [4.69, 9.17) is 4.98 Å². The van der Waals surface area contributed by atoms with Crippen LogP contribution in [0, 0.1) is 6.92 Å². The van der Waals surface area contributed by atoms with E-state index >= 15 is 0 Å². The Balaban J connectivity index is 1.71. The molecule has 0 fully saturated rings. The van der Waals surface area contributed by atoms with Gasteiger partial charge in [-0.3, -0.25) is 4.98 Å². The highest BCUT2D eigenvalue weighted by Crippen LogP contribution is 2.29. The number of aromatic amines is 2. The molecule has 5 aromatic heterocycles. The van der Waals surface area contributed by atoms with E-state index in [1.807, 2.05) is 43.5 Å². The number of tetrazole rings is 1. The Hall–Kier alpha value is -4.01. The van der Waals surface area contributed by atoms with Gasteiger partial charge in [0.25, 0.3) is 0 Å². The number of fused-ring (bicyclic) bond motifs is 1. The first-order valence-electron chi connectivity index (χ1n) is 8.26. The number of hydrogen-bond donors (Lipinski definition) is 2. The number of nitrogens with one attached hydrogen (secondary N) is 2. The van der Waals surface area contributed by atoms with Gasteiger partial charge in [-0.05, 0) is 41.6 Å². The van der Waals surface area contributed by atoms with Crippen molar-refractivity contribution in [3.8, 4) is 34.2 Å². The van der Waals surface area contributed by atoms with Crippen LogP contribution in [0.3, 0.4) is 0 Å². The predicted molar refractivity (Wildman–Crippen MR) is 98.3 cm³/mol. The molecular formula is C18H13N9. The standard InChI is InChI=1S/C18H13N9/c1-10-3-2-4-14(21-10)18-22-15(13-5-6-20-17(13)23-18)11-7-12(9-19-8-11)16-24-26-27-25-16/h2-9H,1H3,(H,20,22,23)(H,24,25,26,27). The summed E-state index contributed by atoms with van der Waals surface area (Å²) >= 11 is 0. The maximum Gasteiger partial charge on any atom is 0.180 e. The topological polar surface area (TPSA) is 122 Å². The zero-order chi connectivity index (χ0) is 18.2. The highest BCUT2D eigenvalue weighted by molar-refractivity contribution is 5.92. The molecule has 0 spiro atoms. The summed E-state index contributed by atoms with van der Waals surface area (Å²) in [5.41, 5.74) is 4.74. The third-order valence-corrected chi connectivity index (χ3v) is 4.16. The Morgan fingerprint density at radius 1 is 0.963 bits per heavy atom. The molecule has 0 unspecified atom stereocenters. The summed E-state index contributed by atoms with van der Waals surface area (Å²) in [7, 11) is 0. The van der Waals surface area contributed by atoms with E-state index in [1.54, 1.807) is 12.4 Å². The van der Waals surface area contributed by atoms with Crippen molar-refractivity contribution in [2.24, 2.45) is 0 Å². The number of aromatic nitrogens is 9. The maximum atomic E-state index is 4.78. The van der Waals surface area contributed by atoms with Crippen molar-refractivity contribution in [1.29, 1.82) is 0 Å². The van der Waals surface area contributed by atoms with Crippen molar-refractivity contribution < 1.29 is 0 Å². The largest absolute Gasteiger partial charge is 0.346 e. The van der Waals surface area contributed by atoms with Crippen LogP contribution in [0.2, 0.25) is 0 Å². The van der Waals surface area contributed by atoms with Gasteiger partial charge in [0.15, 0.2) is 11.6 Å². The van der Waals surface area contributed by atoms with E-state index in [1.165, 1.54) is 0 Å². The van der Waals surface area contributed by atoms with Gasteiger partial charge in [0.05, 0.1) is 5.69 Å². The van der Waals surface area contributed by atoms with Gasteiger partial charge in [-0.2, -0.15) is 0 Å². The summed E-state index contributed by atoms with van der Waals surface area (Å²) in [4.78, 5) is 21.4. The molecule has 9 heteroatoms. The number of rotatable bonds is 3. The average molecular weight is 355 g/mol. The summed E-state index contributed by atoms with van der Waals surface area (Å²) in [6.45, 7) is 1.94. The second-order valence-corrected chi connectivity index (χ2v) is 6.01. The SMILES string of the molecule is Cc1cccc(-c2nc(-c3cncc(-c4nnn[nH]4)c3)c3cc[nH]c3n2)n1. The van der Waals surface area contributed by atoms with E-state index < -0.39 is 0 Å². The molecule has 2 N–H and O–H groups in total. The Labute approximate surface area is 153 Å². The molecule has 5 rings (SSSR count). The molecule has 9 nitrogen and oxygen atoms in total. The number of pyridine rings is 2. The molecule has 130 valence electrons. The summed E-state index contributed by atoms with van der Waals surface area (Å²) < 4.78 is 0. The Kier molecular flexibility index (Phi) is 3.42. The van der Waals surface area contributed by atoms with E-state index in [0.717, 1.165) is 39.2 Å². The molecule has 27 heavy (non-hydrogen) atoms.